The third-order valence-electron chi connectivity index (χ3n) is 5.01. The second kappa shape index (κ2) is 8.01. The van der Waals surface area contributed by atoms with Crippen molar-refractivity contribution in [2.45, 2.75) is 26.3 Å². The Kier molecular flexibility index (Phi) is 5.75. The van der Waals surface area contributed by atoms with Crippen molar-refractivity contribution in [2.75, 3.05) is 45.9 Å². The Morgan fingerprint density at radius 1 is 1.36 bits per heavy atom. The summed E-state index contributed by atoms with van der Waals surface area (Å²) in [4.78, 5) is 28.4. The highest BCUT2D eigenvalue weighted by Gasteiger charge is 2.34. The maximum Gasteiger partial charge on any atom is 0.225 e. The van der Waals surface area contributed by atoms with Crippen LogP contribution < -0.4 is 5.32 Å². The van der Waals surface area contributed by atoms with Gasteiger partial charge in [-0.2, -0.15) is 0 Å². The molecule has 1 aromatic heterocycles. The lowest BCUT2D eigenvalue weighted by Crippen LogP contribution is -2.44. The number of morpholine rings is 1. The van der Waals surface area contributed by atoms with Crippen molar-refractivity contribution in [2.24, 2.45) is 5.92 Å². The average Bonchev–Trinajstić information content (AvgIpc) is 3.21. The van der Waals surface area contributed by atoms with Gasteiger partial charge in [0.25, 0.3) is 0 Å². The van der Waals surface area contributed by atoms with Crippen molar-refractivity contribution >= 4 is 11.8 Å². The van der Waals surface area contributed by atoms with Gasteiger partial charge in [0, 0.05) is 39.1 Å². The number of hydrogen-bond acceptors (Lipinski definition) is 5. The van der Waals surface area contributed by atoms with Crippen LogP contribution in [0.5, 0.6) is 0 Å². The number of amides is 2. The Morgan fingerprint density at radius 3 is 2.72 bits per heavy atom. The number of nitrogens with zero attached hydrogens (tertiary/aromatic N) is 2. The van der Waals surface area contributed by atoms with Crippen LogP contribution >= 0.6 is 0 Å². The van der Waals surface area contributed by atoms with Crippen LogP contribution in [0.15, 0.2) is 16.5 Å². The molecule has 1 aromatic rings. The number of nitrogens with one attached hydrogen (secondary N) is 1. The van der Waals surface area contributed by atoms with E-state index >= 15 is 0 Å². The maximum absolute atomic E-state index is 12.5. The van der Waals surface area contributed by atoms with Crippen molar-refractivity contribution in [3.63, 3.8) is 0 Å². The number of rotatable bonds is 6. The van der Waals surface area contributed by atoms with Gasteiger partial charge in [-0.15, -0.1) is 0 Å². The molecule has 3 heterocycles. The molecule has 2 amide bonds. The van der Waals surface area contributed by atoms with Crippen LogP contribution in [0.2, 0.25) is 0 Å². The molecule has 0 aromatic carbocycles. The van der Waals surface area contributed by atoms with Crippen LogP contribution in [0.25, 0.3) is 0 Å². The first-order chi connectivity index (χ1) is 12.1. The molecule has 0 radical (unpaired) electrons. The zero-order valence-corrected chi connectivity index (χ0v) is 15.0. The number of ether oxygens (including phenoxy) is 1. The predicted octanol–water partition coefficient (Wildman–Crippen LogP) is 0.946. The van der Waals surface area contributed by atoms with Gasteiger partial charge in [0.1, 0.15) is 11.5 Å². The van der Waals surface area contributed by atoms with Crippen molar-refractivity contribution in [1.29, 1.82) is 0 Å². The Hall–Kier alpha value is -1.86. The normalized spacial score (nSPS) is 23.0. The molecule has 2 aliphatic heterocycles. The highest BCUT2D eigenvalue weighted by molar-refractivity contribution is 5.89. The van der Waals surface area contributed by atoms with Crippen molar-refractivity contribution in [3.8, 4) is 0 Å². The first-order valence-electron chi connectivity index (χ1n) is 9.02. The van der Waals surface area contributed by atoms with Crippen molar-refractivity contribution in [1.82, 2.24) is 15.1 Å². The molecular weight excluding hydrogens is 322 g/mol. The first-order valence-corrected chi connectivity index (χ1v) is 9.02. The molecule has 2 aliphatic rings. The van der Waals surface area contributed by atoms with Gasteiger partial charge in [0.2, 0.25) is 11.8 Å². The van der Waals surface area contributed by atoms with Crippen LogP contribution in [0.3, 0.4) is 0 Å². The standard InChI is InChI=1S/C18H27N3O4/c1-3-20-12-14(10-17(20)22)18(23)19-11-15(16-5-4-13(2)25-16)21-6-8-24-9-7-21/h4-5,14-15H,3,6-12H2,1-2H3,(H,19,23)/t14-,15-/m1/s1. The zero-order valence-electron chi connectivity index (χ0n) is 15.0. The van der Waals surface area contributed by atoms with Gasteiger partial charge in [-0.25, -0.2) is 0 Å². The van der Waals surface area contributed by atoms with E-state index in [0.717, 1.165) is 24.6 Å². The smallest absolute Gasteiger partial charge is 0.225 e. The molecule has 7 nitrogen and oxygen atoms in total. The lowest BCUT2D eigenvalue weighted by atomic mass is 10.1. The monoisotopic (exact) mass is 349 g/mol. The minimum atomic E-state index is -0.254. The molecule has 138 valence electrons. The Morgan fingerprint density at radius 2 is 2.12 bits per heavy atom. The second-order valence-corrected chi connectivity index (χ2v) is 6.69. The zero-order chi connectivity index (χ0) is 17.8. The van der Waals surface area contributed by atoms with E-state index < -0.39 is 0 Å². The summed E-state index contributed by atoms with van der Waals surface area (Å²) in [6.07, 6.45) is 0.307. The third kappa shape index (κ3) is 4.22. The number of hydrogen-bond donors (Lipinski definition) is 1. The Labute approximate surface area is 148 Å². The summed E-state index contributed by atoms with van der Waals surface area (Å²) in [5.41, 5.74) is 0. The molecule has 25 heavy (non-hydrogen) atoms. The second-order valence-electron chi connectivity index (χ2n) is 6.69. The van der Waals surface area contributed by atoms with Crippen LogP contribution in [0, 0.1) is 12.8 Å². The van der Waals surface area contributed by atoms with Gasteiger partial charge in [-0.1, -0.05) is 0 Å². The predicted molar refractivity (Wildman–Crippen MR) is 91.9 cm³/mol. The molecule has 0 saturated carbocycles. The van der Waals surface area contributed by atoms with E-state index in [1.807, 2.05) is 26.0 Å². The van der Waals surface area contributed by atoms with Crippen LogP contribution in [0.4, 0.5) is 0 Å². The van der Waals surface area contributed by atoms with Gasteiger partial charge in [0.05, 0.1) is 25.2 Å². The molecule has 2 fully saturated rings. The van der Waals surface area contributed by atoms with Gasteiger partial charge in [-0.05, 0) is 26.0 Å². The van der Waals surface area contributed by atoms with E-state index in [1.54, 1.807) is 4.90 Å². The average molecular weight is 349 g/mol. The number of likely N-dealkylation sites (tertiary alicyclic amines) is 1. The topological polar surface area (TPSA) is 75.0 Å². The van der Waals surface area contributed by atoms with Gasteiger partial charge < -0.3 is 19.4 Å². The molecule has 0 bridgehead atoms. The third-order valence-corrected chi connectivity index (χ3v) is 5.01. The molecule has 3 rings (SSSR count). The summed E-state index contributed by atoms with van der Waals surface area (Å²) < 4.78 is 11.2. The Bertz CT molecular complexity index is 609. The molecule has 7 heteroatoms. The molecule has 0 unspecified atom stereocenters. The van der Waals surface area contributed by atoms with Crippen LogP contribution in [-0.2, 0) is 14.3 Å². The van der Waals surface area contributed by atoms with E-state index in [0.29, 0.717) is 39.3 Å². The van der Waals surface area contributed by atoms with Crippen LogP contribution in [-0.4, -0.2) is 67.6 Å². The number of carbonyl (C=O) groups excluding carboxylic acids is 2. The minimum Gasteiger partial charge on any atom is -0.465 e. The van der Waals surface area contributed by atoms with Gasteiger partial charge in [0.15, 0.2) is 0 Å². The van der Waals surface area contributed by atoms with E-state index in [1.165, 1.54) is 0 Å². The molecule has 0 aliphatic carbocycles. The first kappa shape index (κ1) is 17.9. The number of carbonyl (C=O) groups is 2. The quantitative estimate of drug-likeness (QED) is 0.827. The molecular formula is C18H27N3O4. The van der Waals surface area contributed by atoms with Crippen LogP contribution in [0.1, 0.15) is 30.9 Å². The Balaban J connectivity index is 1.62. The highest BCUT2D eigenvalue weighted by atomic mass is 16.5. The van der Waals surface area contributed by atoms with Gasteiger partial charge in [-0.3, -0.25) is 14.5 Å². The molecule has 0 spiro atoms. The fraction of sp³-hybridized carbons (Fsp3) is 0.667. The fourth-order valence-electron chi connectivity index (χ4n) is 3.53. The largest absolute Gasteiger partial charge is 0.465 e. The van der Waals surface area contributed by atoms with E-state index in [9.17, 15) is 9.59 Å². The summed E-state index contributed by atoms with van der Waals surface area (Å²) >= 11 is 0. The lowest BCUT2D eigenvalue weighted by molar-refractivity contribution is -0.129. The summed E-state index contributed by atoms with van der Waals surface area (Å²) in [7, 11) is 0. The number of aryl methyl sites for hydroxylation is 1. The lowest BCUT2D eigenvalue weighted by Gasteiger charge is -2.33. The summed E-state index contributed by atoms with van der Waals surface area (Å²) in [6.45, 7) is 8.50. The van der Waals surface area contributed by atoms with Crippen molar-refractivity contribution in [3.05, 3.63) is 23.7 Å². The number of furan rings is 1. The van der Waals surface area contributed by atoms with E-state index in [2.05, 4.69) is 10.2 Å². The van der Waals surface area contributed by atoms with Gasteiger partial charge >= 0.3 is 0 Å². The highest BCUT2D eigenvalue weighted by Crippen LogP contribution is 2.24. The molecule has 2 saturated heterocycles. The van der Waals surface area contributed by atoms with E-state index in [4.69, 9.17) is 9.15 Å². The summed E-state index contributed by atoms with van der Waals surface area (Å²) in [5, 5.41) is 3.03. The SMILES string of the molecule is CCN1C[C@H](C(=O)NC[C@H](c2ccc(C)o2)N2CCOCC2)CC1=O. The maximum atomic E-state index is 12.5. The summed E-state index contributed by atoms with van der Waals surface area (Å²) in [5.74, 6) is 1.48. The molecule has 2 atom stereocenters. The van der Waals surface area contributed by atoms with Crippen molar-refractivity contribution < 1.29 is 18.7 Å². The van der Waals surface area contributed by atoms with E-state index in [-0.39, 0.29) is 23.8 Å². The summed E-state index contributed by atoms with van der Waals surface area (Å²) in [6, 6.07) is 3.90. The fourth-order valence-corrected chi connectivity index (χ4v) is 3.53. The minimum absolute atomic E-state index is 0.0130. The molecule has 1 N–H and O–H groups in total.